The first kappa shape index (κ1) is 14.0. The summed E-state index contributed by atoms with van der Waals surface area (Å²) in [6.07, 6.45) is 0. The number of rotatable bonds is 6. The molecule has 0 bridgehead atoms. The van der Waals surface area contributed by atoms with Crippen LogP contribution < -0.4 is 5.73 Å². The molecule has 1 rings (SSSR count). The number of methoxy groups -OCH3 is 1. The maximum absolute atomic E-state index is 9.27. The van der Waals surface area contributed by atoms with Crippen LogP contribution >= 0.6 is 27.7 Å². The highest BCUT2D eigenvalue weighted by molar-refractivity contribution is 9.10. The number of aliphatic hydroxyl groups excluding tert-OH is 1. The Bertz CT molecular complexity index is 307. The number of ether oxygens (including phenoxy) is 1. The van der Waals surface area contributed by atoms with Crippen molar-refractivity contribution in [2.24, 2.45) is 5.73 Å². The molecule has 3 nitrogen and oxygen atoms in total. The normalized spacial score (nSPS) is 14.8. The number of hydrogen-bond donors (Lipinski definition) is 2. The van der Waals surface area contributed by atoms with E-state index in [0.717, 1.165) is 9.37 Å². The fourth-order valence-electron chi connectivity index (χ4n) is 1.25. The van der Waals surface area contributed by atoms with E-state index in [1.165, 1.54) is 0 Å². The maximum Gasteiger partial charge on any atom is 0.0625 e. The van der Waals surface area contributed by atoms with Gasteiger partial charge in [0.25, 0.3) is 0 Å². The first-order chi connectivity index (χ1) is 7.67. The van der Waals surface area contributed by atoms with Gasteiger partial charge in [-0.3, -0.25) is 0 Å². The molecule has 0 aliphatic carbocycles. The molecule has 2 atom stereocenters. The average molecular weight is 306 g/mol. The molecule has 0 amide bonds. The molecule has 90 valence electrons. The lowest BCUT2D eigenvalue weighted by molar-refractivity contribution is 0.167. The van der Waals surface area contributed by atoms with Crippen LogP contribution in [0.1, 0.15) is 0 Å². The minimum Gasteiger partial charge on any atom is -0.395 e. The van der Waals surface area contributed by atoms with E-state index < -0.39 is 0 Å². The van der Waals surface area contributed by atoms with Gasteiger partial charge in [0.2, 0.25) is 0 Å². The Morgan fingerprint density at radius 1 is 1.44 bits per heavy atom. The Hall–Kier alpha value is -0.0700. The van der Waals surface area contributed by atoms with E-state index in [0.29, 0.717) is 6.61 Å². The van der Waals surface area contributed by atoms with E-state index in [1.54, 1.807) is 18.9 Å². The van der Waals surface area contributed by atoms with Crippen molar-refractivity contribution in [3.8, 4) is 0 Å². The van der Waals surface area contributed by atoms with Gasteiger partial charge < -0.3 is 15.6 Å². The van der Waals surface area contributed by atoms with Gasteiger partial charge in [-0.05, 0) is 24.3 Å². The second-order valence-corrected chi connectivity index (χ2v) is 5.64. The van der Waals surface area contributed by atoms with Crippen LogP contribution in [-0.4, -0.2) is 36.7 Å². The summed E-state index contributed by atoms with van der Waals surface area (Å²) in [4.78, 5) is 1.09. The van der Waals surface area contributed by atoms with Crippen LogP contribution in [0.2, 0.25) is 0 Å². The van der Waals surface area contributed by atoms with Gasteiger partial charge in [0.15, 0.2) is 0 Å². The quantitative estimate of drug-likeness (QED) is 0.788. The number of nitrogens with two attached hydrogens (primary N) is 1. The third-order valence-corrected chi connectivity index (χ3v) is 3.99. The highest BCUT2D eigenvalue weighted by Gasteiger charge is 2.18. The van der Waals surface area contributed by atoms with Gasteiger partial charge in [0, 0.05) is 27.8 Å². The van der Waals surface area contributed by atoms with Crippen molar-refractivity contribution >= 4 is 27.7 Å². The Kier molecular flexibility index (Phi) is 6.38. The van der Waals surface area contributed by atoms with E-state index in [9.17, 15) is 5.11 Å². The van der Waals surface area contributed by atoms with Crippen LogP contribution in [0, 0.1) is 0 Å². The first-order valence-corrected chi connectivity index (χ1v) is 6.62. The molecule has 16 heavy (non-hydrogen) atoms. The van der Waals surface area contributed by atoms with Crippen LogP contribution in [0.4, 0.5) is 0 Å². The van der Waals surface area contributed by atoms with Gasteiger partial charge in [-0.15, -0.1) is 11.8 Å². The first-order valence-electron chi connectivity index (χ1n) is 4.95. The van der Waals surface area contributed by atoms with Crippen molar-refractivity contribution in [1.82, 2.24) is 0 Å². The molecule has 0 radical (unpaired) electrons. The van der Waals surface area contributed by atoms with Crippen LogP contribution in [0.3, 0.4) is 0 Å². The zero-order valence-corrected chi connectivity index (χ0v) is 11.5. The molecule has 0 heterocycles. The Labute approximate surface area is 108 Å². The summed E-state index contributed by atoms with van der Waals surface area (Å²) in [5.41, 5.74) is 5.90. The van der Waals surface area contributed by atoms with Gasteiger partial charge in [0.05, 0.1) is 13.2 Å². The average Bonchev–Trinajstić information content (AvgIpc) is 2.28. The van der Waals surface area contributed by atoms with Crippen molar-refractivity contribution in [2.75, 3.05) is 20.3 Å². The van der Waals surface area contributed by atoms with Gasteiger partial charge >= 0.3 is 0 Å². The number of thioether (sulfide) groups is 1. The summed E-state index contributed by atoms with van der Waals surface area (Å²) in [5, 5.41) is 9.23. The smallest absolute Gasteiger partial charge is 0.0625 e. The summed E-state index contributed by atoms with van der Waals surface area (Å²) < 4.78 is 6.03. The van der Waals surface area contributed by atoms with E-state index in [4.69, 9.17) is 10.5 Å². The lowest BCUT2D eigenvalue weighted by Crippen LogP contribution is -2.38. The lowest BCUT2D eigenvalue weighted by Gasteiger charge is -2.20. The molecular formula is C11H16BrNO2S. The molecule has 1 aromatic rings. The molecule has 1 aromatic carbocycles. The second-order valence-electron chi connectivity index (χ2n) is 3.41. The molecule has 0 aliphatic heterocycles. The van der Waals surface area contributed by atoms with Crippen LogP contribution in [0.25, 0.3) is 0 Å². The maximum atomic E-state index is 9.27. The summed E-state index contributed by atoms with van der Waals surface area (Å²) in [7, 11) is 1.61. The van der Waals surface area contributed by atoms with E-state index in [1.807, 2.05) is 24.3 Å². The molecule has 0 spiro atoms. The minimum atomic E-state index is -0.163. The fraction of sp³-hybridized carbons (Fsp3) is 0.455. The topological polar surface area (TPSA) is 55.5 Å². The summed E-state index contributed by atoms with van der Waals surface area (Å²) in [6, 6.07) is 7.77. The monoisotopic (exact) mass is 305 g/mol. The Morgan fingerprint density at radius 3 is 2.56 bits per heavy atom. The molecular weight excluding hydrogens is 290 g/mol. The van der Waals surface area contributed by atoms with E-state index in [-0.39, 0.29) is 17.9 Å². The molecule has 0 saturated carbocycles. The summed E-state index contributed by atoms with van der Waals surface area (Å²) in [5.74, 6) is 0. The third-order valence-electron chi connectivity index (χ3n) is 2.12. The fourth-order valence-corrected chi connectivity index (χ4v) is 2.48. The minimum absolute atomic E-state index is 0.0406. The van der Waals surface area contributed by atoms with Crippen molar-refractivity contribution in [1.29, 1.82) is 0 Å². The Morgan fingerprint density at radius 2 is 2.06 bits per heavy atom. The van der Waals surface area contributed by atoms with Gasteiger partial charge in [-0.2, -0.15) is 0 Å². The van der Waals surface area contributed by atoms with Gasteiger partial charge in [0.1, 0.15) is 0 Å². The Balaban J connectivity index is 2.59. The SMILES string of the molecule is COCC(N)C(CO)Sc1ccc(Br)cc1. The zero-order valence-electron chi connectivity index (χ0n) is 9.10. The lowest BCUT2D eigenvalue weighted by atomic mass is 10.2. The van der Waals surface area contributed by atoms with Gasteiger partial charge in [-0.1, -0.05) is 15.9 Å². The van der Waals surface area contributed by atoms with E-state index in [2.05, 4.69) is 15.9 Å². The van der Waals surface area contributed by atoms with Crippen molar-refractivity contribution in [3.05, 3.63) is 28.7 Å². The molecule has 0 aromatic heterocycles. The second kappa shape index (κ2) is 7.29. The van der Waals surface area contributed by atoms with E-state index >= 15 is 0 Å². The standard InChI is InChI=1S/C11H16BrNO2S/c1-15-7-10(13)11(6-14)16-9-4-2-8(12)3-5-9/h2-5,10-11,14H,6-7,13H2,1H3. The largest absolute Gasteiger partial charge is 0.395 e. The number of aliphatic hydroxyl groups is 1. The predicted molar refractivity (Wildman–Crippen MR) is 70.7 cm³/mol. The predicted octanol–water partition coefficient (Wildman–Crippen LogP) is 1.88. The van der Waals surface area contributed by atoms with Crippen LogP contribution in [0.5, 0.6) is 0 Å². The van der Waals surface area contributed by atoms with Crippen molar-refractivity contribution < 1.29 is 9.84 Å². The number of benzene rings is 1. The zero-order chi connectivity index (χ0) is 12.0. The molecule has 0 aliphatic rings. The van der Waals surface area contributed by atoms with Crippen LogP contribution in [-0.2, 0) is 4.74 Å². The summed E-state index contributed by atoms with van der Waals surface area (Å²) in [6.45, 7) is 0.500. The molecule has 3 N–H and O–H groups in total. The molecule has 5 heteroatoms. The highest BCUT2D eigenvalue weighted by atomic mass is 79.9. The molecule has 2 unspecified atom stereocenters. The molecule has 0 fully saturated rings. The third kappa shape index (κ3) is 4.43. The highest BCUT2D eigenvalue weighted by Crippen LogP contribution is 2.26. The molecule has 0 saturated heterocycles. The summed E-state index contributed by atoms with van der Waals surface area (Å²) >= 11 is 4.95. The van der Waals surface area contributed by atoms with Crippen molar-refractivity contribution in [3.63, 3.8) is 0 Å². The van der Waals surface area contributed by atoms with Crippen LogP contribution in [0.15, 0.2) is 33.6 Å². The number of hydrogen-bond acceptors (Lipinski definition) is 4. The number of halogens is 1. The van der Waals surface area contributed by atoms with Gasteiger partial charge in [-0.25, -0.2) is 0 Å². The van der Waals surface area contributed by atoms with Crippen molar-refractivity contribution in [2.45, 2.75) is 16.2 Å².